The number of hydrogen-bond donors (Lipinski definition) is 2. The zero-order valence-corrected chi connectivity index (χ0v) is 13.2. The van der Waals surface area contributed by atoms with E-state index in [4.69, 9.17) is 21.7 Å². The van der Waals surface area contributed by atoms with Crippen molar-refractivity contribution in [3.63, 3.8) is 0 Å². The Labute approximate surface area is 138 Å². The second kappa shape index (κ2) is 8.09. The first-order valence-corrected chi connectivity index (χ1v) is 7.11. The molecule has 0 aliphatic rings. The average molecular weight is 334 g/mol. The minimum atomic E-state index is -0.402. The Hall–Kier alpha value is -2.67. The molecule has 0 unspecified atom stereocenters. The van der Waals surface area contributed by atoms with Gasteiger partial charge in [0.2, 0.25) is 0 Å². The molecule has 7 heteroatoms. The summed E-state index contributed by atoms with van der Waals surface area (Å²) in [5, 5.41) is 5.36. The molecule has 0 atom stereocenters. The summed E-state index contributed by atoms with van der Waals surface area (Å²) >= 11 is 5.00. The molecule has 0 saturated heterocycles. The van der Waals surface area contributed by atoms with Crippen molar-refractivity contribution in [2.45, 2.75) is 0 Å². The van der Waals surface area contributed by atoms with E-state index in [9.17, 15) is 9.18 Å². The van der Waals surface area contributed by atoms with E-state index >= 15 is 0 Å². The van der Waals surface area contributed by atoms with Crippen molar-refractivity contribution in [2.24, 2.45) is 0 Å². The quantitative estimate of drug-likeness (QED) is 0.824. The predicted octanol–water partition coefficient (Wildman–Crippen LogP) is 2.73. The molecule has 23 heavy (non-hydrogen) atoms. The molecule has 120 valence electrons. The van der Waals surface area contributed by atoms with Gasteiger partial charge in [0.25, 0.3) is 5.91 Å². The highest BCUT2D eigenvalue weighted by Crippen LogP contribution is 2.16. The van der Waals surface area contributed by atoms with Crippen LogP contribution in [0.3, 0.4) is 0 Å². The lowest BCUT2D eigenvalue weighted by molar-refractivity contribution is -0.121. The van der Waals surface area contributed by atoms with Gasteiger partial charge in [-0.3, -0.25) is 10.1 Å². The molecule has 0 fully saturated rings. The van der Waals surface area contributed by atoms with Crippen LogP contribution in [0.2, 0.25) is 0 Å². The van der Waals surface area contributed by atoms with Crippen LogP contribution in [0.4, 0.5) is 10.1 Å². The largest absolute Gasteiger partial charge is 0.497 e. The molecule has 0 radical (unpaired) electrons. The Bertz CT molecular complexity index is 675. The van der Waals surface area contributed by atoms with Gasteiger partial charge in [-0.05, 0) is 60.7 Å². The highest BCUT2D eigenvalue weighted by atomic mass is 32.1. The fraction of sp³-hybridized carbons (Fsp3) is 0.125. The van der Waals surface area contributed by atoms with Crippen molar-refractivity contribution >= 4 is 28.9 Å². The lowest BCUT2D eigenvalue weighted by Crippen LogP contribution is -2.37. The summed E-state index contributed by atoms with van der Waals surface area (Å²) in [4.78, 5) is 11.7. The van der Waals surface area contributed by atoms with Crippen LogP contribution in [0.1, 0.15) is 0 Å². The van der Waals surface area contributed by atoms with Gasteiger partial charge in [0.1, 0.15) is 17.3 Å². The van der Waals surface area contributed by atoms with Crippen LogP contribution in [-0.2, 0) is 4.79 Å². The minimum absolute atomic E-state index is 0.111. The molecule has 2 rings (SSSR count). The average Bonchev–Trinajstić information content (AvgIpc) is 2.55. The van der Waals surface area contributed by atoms with E-state index in [-0.39, 0.29) is 17.5 Å². The van der Waals surface area contributed by atoms with Gasteiger partial charge in [-0.1, -0.05) is 0 Å². The number of benzene rings is 2. The van der Waals surface area contributed by atoms with Gasteiger partial charge in [-0.25, -0.2) is 4.39 Å². The third kappa shape index (κ3) is 5.55. The molecular formula is C16H15FN2O3S. The highest BCUT2D eigenvalue weighted by molar-refractivity contribution is 7.80. The van der Waals surface area contributed by atoms with E-state index in [0.29, 0.717) is 17.2 Å². The predicted molar refractivity (Wildman–Crippen MR) is 89.3 cm³/mol. The molecular weight excluding hydrogens is 319 g/mol. The fourth-order valence-corrected chi connectivity index (χ4v) is 1.91. The lowest BCUT2D eigenvalue weighted by atomic mass is 10.3. The maximum atomic E-state index is 12.8. The maximum Gasteiger partial charge on any atom is 0.264 e. The van der Waals surface area contributed by atoms with Crippen molar-refractivity contribution < 1.29 is 18.7 Å². The summed E-state index contributed by atoms with van der Waals surface area (Å²) in [5.41, 5.74) is 0.577. The van der Waals surface area contributed by atoms with E-state index in [1.807, 2.05) is 0 Å². The third-order valence-electron chi connectivity index (χ3n) is 2.78. The molecule has 2 N–H and O–H groups in total. The molecule has 1 amide bonds. The van der Waals surface area contributed by atoms with E-state index in [1.54, 1.807) is 31.4 Å². The molecule has 2 aromatic rings. The molecule has 2 aromatic carbocycles. The van der Waals surface area contributed by atoms with Gasteiger partial charge in [0.05, 0.1) is 7.11 Å². The Balaban J connectivity index is 1.77. The first kappa shape index (κ1) is 16.7. The number of carbonyl (C=O) groups excluding carboxylic acids is 1. The number of hydrogen-bond acceptors (Lipinski definition) is 4. The number of nitrogens with one attached hydrogen (secondary N) is 2. The number of carbonyl (C=O) groups is 1. The van der Waals surface area contributed by atoms with E-state index in [2.05, 4.69) is 10.6 Å². The number of rotatable bonds is 5. The summed E-state index contributed by atoms with van der Waals surface area (Å²) in [6.45, 7) is -0.183. The summed E-state index contributed by atoms with van der Waals surface area (Å²) in [5.74, 6) is 0.490. The third-order valence-corrected chi connectivity index (χ3v) is 2.99. The Morgan fingerprint density at radius 1 is 1.09 bits per heavy atom. The van der Waals surface area contributed by atoms with Crippen molar-refractivity contribution in [3.8, 4) is 11.5 Å². The minimum Gasteiger partial charge on any atom is -0.497 e. The second-order valence-electron chi connectivity index (χ2n) is 4.47. The summed E-state index contributed by atoms with van der Waals surface area (Å²) in [6.07, 6.45) is 0. The molecule has 0 bridgehead atoms. The molecule has 0 aliphatic carbocycles. The Morgan fingerprint density at radius 2 is 1.70 bits per heavy atom. The van der Waals surface area contributed by atoms with Crippen molar-refractivity contribution in [3.05, 3.63) is 54.3 Å². The maximum absolute atomic E-state index is 12.8. The van der Waals surface area contributed by atoms with Crippen LogP contribution in [0.5, 0.6) is 11.5 Å². The molecule has 0 spiro atoms. The Kier molecular flexibility index (Phi) is 5.87. The van der Waals surface area contributed by atoms with Crippen LogP contribution in [0.15, 0.2) is 48.5 Å². The van der Waals surface area contributed by atoms with Crippen molar-refractivity contribution in [1.82, 2.24) is 5.32 Å². The summed E-state index contributed by atoms with van der Waals surface area (Å²) in [6, 6.07) is 12.5. The van der Waals surface area contributed by atoms with Gasteiger partial charge < -0.3 is 14.8 Å². The van der Waals surface area contributed by atoms with Crippen molar-refractivity contribution in [1.29, 1.82) is 0 Å². The zero-order valence-electron chi connectivity index (χ0n) is 12.3. The molecule has 5 nitrogen and oxygen atoms in total. The van der Waals surface area contributed by atoms with E-state index in [0.717, 1.165) is 0 Å². The number of anilines is 1. The van der Waals surface area contributed by atoms with Crippen LogP contribution in [-0.4, -0.2) is 24.7 Å². The van der Waals surface area contributed by atoms with Gasteiger partial charge >= 0.3 is 0 Å². The van der Waals surface area contributed by atoms with Crippen LogP contribution < -0.4 is 20.1 Å². The van der Waals surface area contributed by atoms with Crippen molar-refractivity contribution in [2.75, 3.05) is 19.0 Å². The molecule has 0 heterocycles. The number of methoxy groups -OCH3 is 1. The number of thiocarbonyl (C=S) groups is 1. The molecule has 0 aromatic heterocycles. The smallest absolute Gasteiger partial charge is 0.264 e. The number of halogens is 1. The van der Waals surface area contributed by atoms with E-state index in [1.165, 1.54) is 24.3 Å². The second-order valence-corrected chi connectivity index (χ2v) is 4.88. The number of amides is 1. The monoisotopic (exact) mass is 334 g/mol. The Morgan fingerprint density at radius 3 is 2.30 bits per heavy atom. The SMILES string of the molecule is COc1ccc(OCC(=O)NC(=S)Nc2ccc(F)cc2)cc1. The fourth-order valence-electron chi connectivity index (χ4n) is 1.68. The van der Waals surface area contributed by atoms with Gasteiger partial charge in [0, 0.05) is 5.69 Å². The number of ether oxygens (including phenoxy) is 2. The standard InChI is InChI=1S/C16H15FN2O3S/c1-21-13-6-8-14(9-7-13)22-10-15(20)19-16(23)18-12-4-2-11(17)3-5-12/h2-9H,10H2,1H3,(H2,18,19,20,23). The summed E-state index contributed by atoms with van der Waals surface area (Å²) in [7, 11) is 1.57. The highest BCUT2D eigenvalue weighted by Gasteiger charge is 2.06. The lowest BCUT2D eigenvalue weighted by Gasteiger charge is -2.10. The normalized spacial score (nSPS) is 9.83. The first-order valence-electron chi connectivity index (χ1n) is 6.70. The van der Waals surface area contributed by atoms with Crippen LogP contribution >= 0.6 is 12.2 Å². The topological polar surface area (TPSA) is 59.6 Å². The van der Waals surface area contributed by atoms with Crippen LogP contribution in [0.25, 0.3) is 0 Å². The van der Waals surface area contributed by atoms with Gasteiger partial charge in [-0.2, -0.15) is 0 Å². The van der Waals surface area contributed by atoms with Gasteiger partial charge in [-0.15, -0.1) is 0 Å². The molecule has 0 saturated carbocycles. The van der Waals surface area contributed by atoms with Crippen LogP contribution in [0, 0.1) is 5.82 Å². The summed E-state index contributed by atoms with van der Waals surface area (Å²) < 4.78 is 23.1. The first-order chi connectivity index (χ1) is 11.1. The molecule has 0 aliphatic heterocycles. The van der Waals surface area contributed by atoms with E-state index < -0.39 is 5.91 Å². The van der Waals surface area contributed by atoms with Gasteiger partial charge in [0.15, 0.2) is 11.7 Å². The zero-order chi connectivity index (χ0) is 16.7.